The molecule has 0 saturated carbocycles. The molecule has 0 aliphatic carbocycles. The molecule has 0 unspecified atom stereocenters. The second kappa shape index (κ2) is 7.68. The van der Waals surface area contributed by atoms with Gasteiger partial charge in [0.2, 0.25) is 0 Å². The van der Waals surface area contributed by atoms with Crippen molar-refractivity contribution in [1.82, 2.24) is 9.55 Å². The lowest BCUT2D eigenvalue weighted by atomic mass is 10.0. The molecule has 0 bridgehead atoms. The summed E-state index contributed by atoms with van der Waals surface area (Å²) in [5.74, 6) is 0.779. The van der Waals surface area contributed by atoms with Crippen molar-refractivity contribution in [2.24, 2.45) is 0 Å². The number of imidazole rings is 1. The maximum Gasteiger partial charge on any atom is 0.389 e. The van der Waals surface area contributed by atoms with Crippen LogP contribution in [-0.2, 0) is 24.1 Å². The zero-order valence-corrected chi connectivity index (χ0v) is 15.7. The largest absolute Gasteiger partial charge is 0.389 e. The Morgan fingerprint density at radius 3 is 2.84 bits per heavy atom. The summed E-state index contributed by atoms with van der Waals surface area (Å²) in [5, 5.41) is 0.482. The van der Waals surface area contributed by atoms with E-state index in [1.807, 2.05) is 12.1 Å². The lowest BCUT2D eigenvalue weighted by molar-refractivity contribution is -0.135. The van der Waals surface area contributed by atoms with E-state index in [1.165, 1.54) is 0 Å². The van der Waals surface area contributed by atoms with Gasteiger partial charge < -0.3 is 9.30 Å². The van der Waals surface area contributed by atoms with Gasteiger partial charge in [-0.2, -0.15) is 13.2 Å². The quantitative estimate of drug-likeness (QED) is 0.638. The minimum absolute atomic E-state index is 0.0178. The van der Waals surface area contributed by atoms with Crippen LogP contribution >= 0.6 is 27.5 Å². The van der Waals surface area contributed by atoms with Crippen molar-refractivity contribution in [1.29, 1.82) is 0 Å². The summed E-state index contributed by atoms with van der Waals surface area (Å²) in [7, 11) is 0. The number of aryl methyl sites for hydroxylation is 1. The Bertz CT molecular complexity index is 761. The number of rotatable bonds is 4. The van der Waals surface area contributed by atoms with Crippen LogP contribution in [0.25, 0.3) is 11.4 Å². The molecule has 1 aromatic carbocycles. The third kappa shape index (κ3) is 4.57. The fraction of sp³-hybridized carbons (Fsp3) is 0.471. The van der Waals surface area contributed by atoms with Gasteiger partial charge in [0.05, 0.1) is 18.9 Å². The number of hydrogen-bond donors (Lipinski definition) is 0. The molecule has 2 aromatic rings. The summed E-state index contributed by atoms with van der Waals surface area (Å²) in [6.45, 7) is 1.94. The summed E-state index contributed by atoms with van der Waals surface area (Å²) in [4.78, 5) is 4.60. The highest BCUT2D eigenvalue weighted by atomic mass is 79.9. The van der Waals surface area contributed by atoms with Gasteiger partial charge >= 0.3 is 6.18 Å². The second-order valence-corrected chi connectivity index (χ2v) is 7.12. The molecule has 1 aliphatic rings. The molecule has 136 valence electrons. The molecule has 8 heteroatoms. The van der Waals surface area contributed by atoms with Crippen molar-refractivity contribution in [3.05, 3.63) is 39.1 Å². The summed E-state index contributed by atoms with van der Waals surface area (Å²) in [6, 6.07) is 5.42. The van der Waals surface area contributed by atoms with Gasteiger partial charge in [-0.3, -0.25) is 0 Å². The van der Waals surface area contributed by atoms with Crippen molar-refractivity contribution in [3.63, 3.8) is 0 Å². The lowest BCUT2D eigenvalue weighted by Gasteiger charge is -2.11. The normalized spacial score (nSPS) is 15.1. The number of halogens is 5. The Balaban J connectivity index is 1.87. The highest BCUT2D eigenvalue weighted by molar-refractivity contribution is 9.10. The third-order valence-electron chi connectivity index (χ3n) is 4.18. The van der Waals surface area contributed by atoms with E-state index in [1.54, 1.807) is 6.07 Å². The van der Waals surface area contributed by atoms with Gasteiger partial charge in [0.25, 0.3) is 0 Å². The smallest absolute Gasteiger partial charge is 0.379 e. The molecule has 0 spiro atoms. The molecular weight excluding hydrogens is 421 g/mol. The molecular formula is C17H17BrClF3N2O. The maximum atomic E-state index is 12.4. The van der Waals surface area contributed by atoms with E-state index < -0.39 is 12.6 Å². The number of alkyl halides is 3. The highest BCUT2D eigenvalue weighted by Gasteiger charge is 2.26. The van der Waals surface area contributed by atoms with Crippen LogP contribution in [0.4, 0.5) is 13.2 Å². The van der Waals surface area contributed by atoms with Crippen LogP contribution in [0.15, 0.2) is 22.8 Å². The minimum Gasteiger partial charge on any atom is -0.379 e. The van der Waals surface area contributed by atoms with E-state index in [9.17, 15) is 13.2 Å². The Labute approximate surface area is 157 Å². The van der Waals surface area contributed by atoms with Gasteiger partial charge in [-0.1, -0.05) is 11.6 Å². The number of aromatic nitrogens is 2. The van der Waals surface area contributed by atoms with E-state index in [2.05, 4.69) is 25.5 Å². The topological polar surface area (TPSA) is 27.1 Å². The standard InChI is InChI=1S/C17H17BrClF3N2O/c18-15-14-5-8-25-9-7-24(14)16(23-15)12-3-4-13(19)11(10-12)2-1-6-17(20,21)22/h3-4,10H,1-2,5-9H2. The average Bonchev–Trinajstić information content (AvgIpc) is 2.72. The van der Waals surface area contributed by atoms with Gasteiger partial charge in [0.15, 0.2) is 0 Å². The first kappa shape index (κ1) is 18.7. The summed E-state index contributed by atoms with van der Waals surface area (Å²) < 4.78 is 45.5. The summed E-state index contributed by atoms with van der Waals surface area (Å²) in [5.41, 5.74) is 2.63. The monoisotopic (exact) mass is 436 g/mol. The number of benzene rings is 1. The SMILES string of the molecule is FC(F)(F)CCCc1cc(-c2nc(Br)c3n2CCOCC3)ccc1Cl. The highest BCUT2D eigenvalue weighted by Crippen LogP contribution is 2.31. The fourth-order valence-electron chi connectivity index (χ4n) is 2.97. The van der Waals surface area contributed by atoms with Crippen LogP contribution in [0.1, 0.15) is 24.1 Å². The zero-order chi connectivity index (χ0) is 18.0. The minimum atomic E-state index is -4.14. The average molecular weight is 438 g/mol. The molecule has 3 nitrogen and oxygen atoms in total. The first-order valence-corrected chi connectivity index (χ1v) is 9.20. The Hall–Kier alpha value is -1.05. The molecule has 0 atom stereocenters. The third-order valence-corrected chi connectivity index (χ3v) is 5.18. The van der Waals surface area contributed by atoms with Crippen molar-refractivity contribution >= 4 is 27.5 Å². The number of ether oxygens (including phenoxy) is 1. The summed E-state index contributed by atoms with van der Waals surface area (Å²) >= 11 is 9.66. The molecule has 25 heavy (non-hydrogen) atoms. The molecule has 1 aromatic heterocycles. The zero-order valence-electron chi connectivity index (χ0n) is 13.4. The number of fused-ring (bicyclic) bond motifs is 1. The van der Waals surface area contributed by atoms with Crippen LogP contribution in [0, 0.1) is 0 Å². The second-order valence-electron chi connectivity index (χ2n) is 5.96. The first-order valence-electron chi connectivity index (χ1n) is 8.03. The van der Waals surface area contributed by atoms with Crippen molar-refractivity contribution in [2.75, 3.05) is 13.2 Å². The van der Waals surface area contributed by atoms with E-state index in [-0.39, 0.29) is 12.8 Å². The first-order chi connectivity index (χ1) is 11.8. The molecule has 0 amide bonds. The van der Waals surface area contributed by atoms with Gasteiger partial charge in [-0.15, -0.1) is 0 Å². The maximum absolute atomic E-state index is 12.4. The molecule has 0 radical (unpaired) electrons. The van der Waals surface area contributed by atoms with Crippen LogP contribution in [0.3, 0.4) is 0 Å². The van der Waals surface area contributed by atoms with Gasteiger partial charge in [0, 0.05) is 30.0 Å². The van der Waals surface area contributed by atoms with Crippen molar-refractivity contribution < 1.29 is 17.9 Å². The molecule has 3 rings (SSSR count). The van der Waals surface area contributed by atoms with Gasteiger partial charge in [0.1, 0.15) is 10.4 Å². The van der Waals surface area contributed by atoms with Gasteiger partial charge in [-0.25, -0.2) is 4.98 Å². The molecule has 2 heterocycles. The van der Waals surface area contributed by atoms with E-state index in [4.69, 9.17) is 16.3 Å². The molecule has 0 saturated heterocycles. The van der Waals surface area contributed by atoms with E-state index in [0.717, 1.165) is 28.1 Å². The van der Waals surface area contributed by atoms with E-state index in [0.29, 0.717) is 30.3 Å². The number of hydrogen-bond acceptors (Lipinski definition) is 2. The lowest BCUT2D eigenvalue weighted by Crippen LogP contribution is -2.07. The molecule has 0 N–H and O–H groups in total. The predicted molar refractivity (Wildman–Crippen MR) is 93.9 cm³/mol. The molecule has 0 fully saturated rings. The number of nitrogens with zero attached hydrogens (tertiary/aromatic N) is 2. The van der Waals surface area contributed by atoms with Crippen LogP contribution in [0.5, 0.6) is 0 Å². The summed E-state index contributed by atoms with van der Waals surface area (Å²) in [6.07, 6.45) is -3.89. The van der Waals surface area contributed by atoms with E-state index >= 15 is 0 Å². The Kier molecular flexibility index (Phi) is 5.75. The van der Waals surface area contributed by atoms with Crippen molar-refractivity contribution in [2.45, 2.75) is 38.4 Å². The van der Waals surface area contributed by atoms with Crippen LogP contribution in [-0.4, -0.2) is 28.9 Å². The Morgan fingerprint density at radius 2 is 2.08 bits per heavy atom. The van der Waals surface area contributed by atoms with Crippen LogP contribution in [0.2, 0.25) is 5.02 Å². The van der Waals surface area contributed by atoms with Crippen LogP contribution < -0.4 is 0 Å². The van der Waals surface area contributed by atoms with Crippen molar-refractivity contribution in [3.8, 4) is 11.4 Å². The predicted octanol–water partition coefficient (Wildman–Crippen LogP) is 5.42. The fourth-order valence-corrected chi connectivity index (χ4v) is 3.76. The van der Waals surface area contributed by atoms with Gasteiger partial charge in [-0.05, 0) is 52.5 Å². The molecule has 1 aliphatic heterocycles. The Morgan fingerprint density at radius 1 is 1.28 bits per heavy atom.